The second kappa shape index (κ2) is 9.60. The number of allylic oxidation sites excluding steroid dienone is 1. The van der Waals surface area contributed by atoms with E-state index in [1.807, 2.05) is 12.1 Å². The van der Waals surface area contributed by atoms with Gasteiger partial charge in [0, 0.05) is 71.2 Å². The fourth-order valence-corrected chi connectivity index (χ4v) is 4.31. The van der Waals surface area contributed by atoms with Crippen molar-refractivity contribution < 1.29 is 4.79 Å². The average molecular weight is 436 g/mol. The summed E-state index contributed by atoms with van der Waals surface area (Å²) in [6.07, 6.45) is 10.4. The van der Waals surface area contributed by atoms with Crippen LogP contribution in [0.2, 0.25) is 0 Å². The summed E-state index contributed by atoms with van der Waals surface area (Å²) in [4.78, 5) is 26.7. The molecule has 0 aromatic carbocycles. The van der Waals surface area contributed by atoms with Gasteiger partial charge in [-0.15, -0.1) is 0 Å². The lowest BCUT2D eigenvalue weighted by Crippen LogP contribution is -2.48. The highest BCUT2D eigenvalue weighted by Gasteiger charge is 2.22. The van der Waals surface area contributed by atoms with E-state index in [2.05, 4.69) is 41.9 Å². The number of hydrogen-bond donors (Lipinski definition) is 3. The standard InChI is InChI=1S/C22H29N9O/c32-22(26-18-16-25-6-4-19(18)29-12-7-23-8-13-29)17-5-11-31(28-17)21-3-1-2-20(27-21)30-14-9-24-10-15-30/h1,3-6,11,16,20,23-24H,2,7-10,12-15H2,(H,26,32). The smallest absolute Gasteiger partial charge is 0.276 e. The molecule has 5 heterocycles. The van der Waals surface area contributed by atoms with Gasteiger partial charge in [-0.1, -0.05) is 6.08 Å². The molecule has 0 spiro atoms. The number of dihydropyridines is 1. The lowest BCUT2D eigenvalue weighted by Gasteiger charge is -2.33. The van der Waals surface area contributed by atoms with E-state index in [0.29, 0.717) is 11.4 Å². The van der Waals surface area contributed by atoms with Crippen molar-refractivity contribution in [2.75, 3.05) is 62.6 Å². The summed E-state index contributed by atoms with van der Waals surface area (Å²) in [6.45, 7) is 7.58. The third-order valence-electron chi connectivity index (χ3n) is 6.03. The zero-order valence-electron chi connectivity index (χ0n) is 18.1. The van der Waals surface area contributed by atoms with Gasteiger partial charge in [0.05, 0.1) is 17.6 Å². The van der Waals surface area contributed by atoms with Crippen LogP contribution in [0.4, 0.5) is 11.4 Å². The van der Waals surface area contributed by atoms with E-state index in [9.17, 15) is 4.79 Å². The van der Waals surface area contributed by atoms with Crippen LogP contribution in [-0.2, 0) is 0 Å². The normalized spacial score (nSPS) is 21.9. The van der Waals surface area contributed by atoms with Crippen LogP contribution in [0.1, 0.15) is 16.9 Å². The van der Waals surface area contributed by atoms with Crippen LogP contribution in [0.15, 0.2) is 47.9 Å². The largest absolute Gasteiger partial charge is 0.367 e. The third kappa shape index (κ3) is 4.57. The van der Waals surface area contributed by atoms with Gasteiger partial charge >= 0.3 is 0 Å². The molecule has 3 aliphatic heterocycles. The lowest BCUT2D eigenvalue weighted by atomic mass is 10.2. The maximum Gasteiger partial charge on any atom is 0.276 e. The Kier molecular flexibility index (Phi) is 6.24. The molecule has 0 bridgehead atoms. The van der Waals surface area contributed by atoms with E-state index in [1.54, 1.807) is 29.3 Å². The molecule has 32 heavy (non-hydrogen) atoms. The zero-order valence-corrected chi connectivity index (χ0v) is 18.1. The number of pyridine rings is 1. The molecule has 0 radical (unpaired) electrons. The number of anilines is 2. The molecule has 2 aromatic heterocycles. The van der Waals surface area contributed by atoms with Crippen molar-refractivity contribution in [2.45, 2.75) is 12.6 Å². The molecule has 3 N–H and O–H groups in total. The molecule has 2 aromatic rings. The average Bonchev–Trinajstić information content (AvgIpc) is 3.36. The van der Waals surface area contributed by atoms with Crippen molar-refractivity contribution >= 4 is 23.1 Å². The summed E-state index contributed by atoms with van der Waals surface area (Å²) < 4.78 is 1.68. The Morgan fingerprint density at radius 1 is 1.06 bits per heavy atom. The summed E-state index contributed by atoms with van der Waals surface area (Å²) in [6, 6.07) is 3.67. The van der Waals surface area contributed by atoms with E-state index in [1.165, 1.54) is 0 Å². The molecule has 0 aliphatic carbocycles. The van der Waals surface area contributed by atoms with Gasteiger partial charge in [0.1, 0.15) is 12.0 Å². The van der Waals surface area contributed by atoms with Crippen molar-refractivity contribution in [2.24, 2.45) is 4.99 Å². The summed E-state index contributed by atoms with van der Waals surface area (Å²) in [5.74, 6) is 0.494. The molecule has 168 valence electrons. The Morgan fingerprint density at radius 3 is 2.66 bits per heavy atom. The minimum atomic E-state index is -0.257. The van der Waals surface area contributed by atoms with Crippen molar-refractivity contribution in [1.29, 1.82) is 0 Å². The topological polar surface area (TPSA) is 103 Å². The fraction of sp³-hybridized carbons (Fsp3) is 0.455. The third-order valence-corrected chi connectivity index (χ3v) is 6.03. The zero-order chi connectivity index (χ0) is 21.8. The number of hydrogen-bond acceptors (Lipinski definition) is 8. The molecule has 2 fully saturated rings. The molecule has 10 heteroatoms. The first kappa shape index (κ1) is 20.8. The summed E-state index contributed by atoms with van der Waals surface area (Å²) in [7, 11) is 0. The number of carbonyl (C=O) groups is 1. The SMILES string of the molecule is O=C(Nc1cnccc1N1CCNCC1)c1ccn(C2=NC(N3CCNCC3)CC=C2)n1. The van der Waals surface area contributed by atoms with E-state index in [0.717, 1.165) is 70.3 Å². The number of carbonyl (C=O) groups excluding carboxylic acids is 1. The number of aromatic nitrogens is 3. The van der Waals surface area contributed by atoms with Gasteiger partial charge in [-0.3, -0.25) is 14.7 Å². The van der Waals surface area contributed by atoms with Crippen LogP contribution in [0, 0.1) is 0 Å². The maximum absolute atomic E-state index is 12.9. The number of aliphatic imine (C=N–C) groups is 1. The summed E-state index contributed by atoms with van der Waals surface area (Å²) in [5.41, 5.74) is 2.02. The van der Waals surface area contributed by atoms with E-state index >= 15 is 0 Å². The monoisotopic (exact) mass is 435 g/mol. The van der Waals surface area contributed by atoms with Gasteiger partial charge in [-0.2, -0.15) is 5.10 Å². The molecule has 5 rings (SSSR count). The lowest BCUT2D eigenvalue weighted by molar-refractivity contribution is 0.102. The number of nitrogens with one attached hydrogen (secondary N) is 3. The van der Waals surface area contributed by atoms with Crippen molar-refractivity contribution in [3.63, 3.8) is 0 Å². The minimum absolute atomic E-state index is 0.121. The summed E-state index contributed by atoms with van der Waals surface area (Å²) >= 11 is 0. The van der Waals surface area contributed by atoms with Gasteiger partial charge in [-0.25, -0.2) is 9.67 Å². The van der Waals surface area contributed by atoms with Crippen LogP contribution < -0.4 is 20.9 Å². The predicted molar refractivity (Wildman–Crippen MR) is 124 cm³/mol. The van der Waals surface area contributed by atoms with Crippen molar-refractivity contribution in [1.82, 2.24) is 30.3 Å². The molecule has 0 saturated carbocycles. The quantitative estimate of drug-likeness (QED) is 0.638. The molecule has 10 nitrogen and oxygen atoms in total. The Balaban J connectivity index is 1.29. The van der Waals surface area contributed by atoms with Gasteiger partial charge in [0.2, 0.25) is 0 Å². The van der Waals surface area contributed by atoms with E-state index < -0.39 is 0 Å². The first-order valence-electron chi connectivity index (χ1n) is 11.2. The number of amides is 1. The van der Waals surface area contributed by atoms with Gasteiger partial charge in [0.15, 0.2) is 5.69 Å². The molecule has 1 atom stereocenters. The van der Waals surface area contributed by atoms with E-state index in [-0.39, 0.29) is 12.1 Å². The van der Waals surface area contributed by atoms with Gasteiger partial charge in [0.25, 0.3) is 5.91 Å². The Hall–Kier alpha value is -3.08. The summed E-state index contributed by atoms with van der Waals surface area (Å²) in [5, 5.41) is 14.2. The molecule has 1 unspecified atom stereocenters. The highest BCUT2D eigenvalue weighted by Crippen LogP contribution is 2.25. The Bertz CT molecular complexity index is 1000. The second-order valence-corrected chi connectivity index (χ2v) is 8.12. The Labute approximate surface area is 187 Å². The van der Waals surface area contributed by atoms with Crippen LogP contribution in [0.3, 0.4) is 0 Å². The number of piperazine rings is 2. The Morgan fingerprint density at radius 2 is 1.84 bits per heavy atom. The second-order valence-electron chi connectivity index (χ2n) is 8.12. The minimum Gasteiger partial charge on any atom is -0.367 e. The van der Waals surface area contributed by atoms with Gasteiger partial charge < -0.3 is 20.9 Å². The highest BCUT2D eigenvalue weighted by atomic mass is 16.2. The van der Waals surface area contributed by atoms with Crippen molar-refractivity contribution in [3.05, 3.63) is 48.6 Å². The molecule has 2 saturated heterocycles. The molecular formula is C22H29N9O. The predicted octanol–water partition coefficient (Wildman–Crippen LogP) is 0.378. The first-order chi connectivity index (χ1) is 15.8. The highest BCUT2D eigenvalue weighted by molar-refractivity contribution is 6.05. The van der Waals surface area contributed by atoms with Gasteiger partial charge in [-0.05, 0) is 18.2 Å². The van der Waals surface area contributed by atoms with Crippen LogP contribution in [0.5, 0.6) is 0 Å². The molecule has 3 aliphatic rings. The number of nitrogens with zero attached hydrogens (tertiary/aromatic N) is 6. The van der Waals surface area contributed by atoms with Crippen LogP contribution in [0.25, 0.3) is 0 Å². The fourth-order valence-electron chi connectivity index (χ4n) is 4.31. The van der Waals surface area contributed by atoms with E-state index in [4.69, 9.17) is 4.99 Å². The maximum atomic E-state index is 12.9. The van der Waals surface area contributed by atoms with Crippen LogP contribution >= 0.6 is 0 Å². The first-order valence-corrected chi connectivity index (χ1v) is 11.2. The molecule has 1 amide bonds. The number of rotatable bonds is 4. The molecular weight excluding hydrogens is 406 g/mol. The van der Waals surface area contributed by atoms with Crippen LogP contribution in [-0.4, -0.2) is 89.9 Å². The van der Waals surface area contributed by atoms with Crippen molar-refractivity contribution in [3.8, 4) is 0 Å².